The fraction of sp³-hybridized carbons (Fsp3) is 0.818. The molecular weight excluding hydrogens is 188 g/mol. The summed E-state index contributed by atoms with van der Waals surface area (Å²) in [6, 6.07) is 0.0423. The molecule has 0 radical (unpaired) electrons. The Bertz CT molecular complexity index is 282. The molecule has 0 aliphatic carbocycles. The van der Waals surface area contributed by atoms with Crippen molar-refractivity contribution in [3.63, 3.8) is 0 Å². The fourth-order valence-electron chi connectivity index (χ4n) is 1.48. The highest BCUT2D eigenvalue weighted by atomic mass is 15.4. The average molecular weight is 210 g/mol. The molecule has 0 aliphatic rings. The van der Waals surface area contributed by atoms with Crippen LogP contribution in [-0.4, -0.2) is 15.0 Å². The second kappa shape index (κ2) is 5.85. The van der Waals surface area contributed by atoms with E-state index >= 15 is 0 Å². The zero-order valence-electron chi connectivity index (χ0n) is 9.98. The summed E-state index contributed by atoms with van der Waals surface area (Å²) >= 11 is 0. The molecule has 0 spiro atoms. The van der Waals surface area contributed by atoms with E-state index in [-0.39, 0.29) is 6.04 Å². The van der Waals surface area contributed by atoms with Crippen LogP contribution in [-0.2, 0) is 6.54 Å². The van der Waals surface area contributed by atoms with Crippen molar-refractivity contribution in [2.24, 2.45) is 11.7 Å². The molecule has 1 rings (SSSR count). The van der Waals surface area contributed by atoms with E-state index in [1.807, 2.05) is 10.9 Å². The normalized spacial score (nSPS) is 15.2. The van der Waals surface area contributed by atoms with Gasteiger partial charge in [0.25, 0.3) is 0 Å². The molecule has 0 saturated heterocycles. The lowest BCUT2D eigenvalue weighted by Gasteiger charge is -2.07. The van der Waals surface area contributed by atoms with Crippen molar-refractivity contribution in [1.29, 1.82) is 0 Å². The largest absolute Gasteiger partial charge is 0.323 e. The van der Waals surface area contributed by atoms with Gasteiger partial charge in [-0.25, -0.2) is 0 Å². The van der Waals surface area contributed by atoms with Gasteiger partial charge in [-0.15, -0.1) is 5.10 Å². The summed E-state index contributed by atoms with van der Waals surface area (Å²) < 4.78 is 1.90. The molecule has 2 N–H and O–H groups in total. The van der Waals surface area contributed by atoms with Gasteiger partial charge in [0, 0.05) is 6.54 Å². The first-order valence-electron chi connectivity index (χ1n) is 5.83. The zero-order chi connectivity index (χ0) is 11.3. The summed E-state index contributed by atoms with van der Waals surface area (Å²) in [5, 5.41) is 8.20. The second-order valence-corrected chi connectivity index (χ2v) is 4.27. The van der Waals surface area contributed by atoms with E-state index in [9.17, 15) is 0 Å². The fourth-order valence-corrected chi connectivity index (χ4v) is 1.48. The Morgan fingerprint density at radius 3 is 2.80 bits per heavy atom. The molecule has 0 aromatic carbocycles. The van der Waals surface area contributed by atoms with Gasteiger partial charge in [0.15, 0.2) is 0 Å². The minimum atomic E-state index is 0.0423. The molecule has 4 nitrogen and oxygen atoms in total. The summed E-state index contributed by atoms with van der Waals surface area (Å²) in [4.78, 5) is 0. The van der Waals surface area contributed by atoms with Gasteiger partial charge in [-0.3, -0.25) is 4.68 Å². The van der Waals surface area contributed by atoms with Crippen molar-refractivity contribution in [2.75, 3.05) is 0 Å². The van der Waals surface area contributed by atoms with Gasteiger partial charge in [-0.05, 0) is 12.3 Å². The van der Waals surface area contributed by atoms with Crippen LogP contribution in [0.1, 0.15) is 51.8 Å². The molecule has 0 fully saturated rings. The van der Waals surface area contributed by atoms with E-state index in [0.717, 1.165) is 31.5 Å². The van der Waals surface area contributed by atoms with E-state index < -0.39 is 0 Å². The quantitative estimate of drug-likeness (QED) is 0.782. The van der Waals surface area contributed by atoms with Crippen LogP contribution in [0.3, 0.4) is 0 Å². The second-order valence-electron chi connectivity index (χ2n) is 4.27. The Morgan fingerprint density at radius 2 is 2.20 bits per heavy atom. The van der Waals surface area contributed by atoms with Crippen molar-refractivity contribution in [3.05, 3.63) is 11.9 Å². The molecule has 15 heavy (non-hydrogen) atoms. The Labute approximate surface area is 91.9 Å². The molecule has 2 unspecified atom stereocenters. The highest BCUT2D eigenvalue weighted by molar-refractivity contribution is 4.99. The molecule has 0 aliphatic heterocycles. The molecule has 1 aromatic heterocycles. The Hall–Kier alpha value is -0.900. The van der Waals surface area contributed by atoms with Crippen LogP contribution in [0.25, 0.3) is 0 Å². The van der Waals surface area contributed by atoms with Crippen molar-refractivity contribution in [3.8, 4) is 0 Å². The molecule has 4 heteroatoms. The number of nitrogens with zero attached hydrogens (tertiary/aromatic N) is 3. The number of nitrogens with two attached hydrogens (primary N) is 1. The standard InChI is InChI=1S/C11H22N4/c1-4-6-10(12)11-8-15(14-13-11)7-9(3)5-2/h8-10H,4-7,12H2,1-3H3. The van der Waals surface area contributed by atoms with Crippen LogP contribution in [0.15, 0.2) is 6.20 Å². The smallest absolute Gasteiger partial charge is 0.0994 e. The van der Waals surface area contributed by atoms with Crippen LogP contribution in [0, 0.1) is 5.92 Å². The van der Waals surface area contributed by atoms with Crippen LogP contribution in [0.4, 0.5) is 0 Å². The van der Waals surface area contributed by atoms with E-state index in [1.54, 1.807) is 0 Å². The number of rotatable bonds is 6. The first-order valence-corrected chi connectivity index (χ1v) is 5.83. The highest BCUT2D eigenvalue weighted by Crippen LogP contribution is 2.13. The molecular formula is C11H22N4. The SMILES string of the molecule is CCCC(N)c1cn(CC(C)CC)nn1. The van der Waals surface area contributed by atoms with Gasteiger partial charge in [0.2, 0.25) is 0 Å². The molecule has 1 aromatic rings. The lowest BCUT2D eigenvalue weighted by molar-refractivity contribution is 0.431. The Morgan fingerprint density at radius 1 is 1.47 bits per heavy atom. The third kappa shape index (κ3) is 3.63. The molecule has 1 heterocycles. The van der Waals surface area contributed by atoms with E-state index in [4.69, 9.17) is 5.73 Å². The van der Waals surface area contributed by atoms with Crippen molar-refractivity contribution in [2.45, 2.75) is 52.6 Å². The van der Waals surface area contributed by atoms with E-state index in [2.05, 4.69) is 31.1 Å². The maximum Gasteiger partial charge on any atom is 0.0994 e. The lowest BCUT2D eigenvalue weighted by Crippen LogP contribution is -2.10. The molecule has 0 amide bonds. The maximum atomic E-state index is 5.97. The first-order chi connectivity index (χ1) is 7.17. The summed E-state index contributed by atoms with van der Waals surface area (Å²) in [6.07, 6.45) is 5.20. The van der Waals surface area contributed by atoms with Crippen LogP contribution >= 0.6 is 0 Å². The van der Waals surface area contributed by atoms with Gasteiger partial charge in [0.1, 0.15) is 0 Å². The minimum Gasteiger partial charge on any atom is -0.323 e. The summed E-state index contributed by atoms with van der Waals surface area (Å²) in [7, 11) is 0. The number of aromatic nitrogens is 3. The van der Waals surface area contributed by atoms with E-state index in [1.165, 1.54) is 0 Å². The van der Waals surface area contributed by atoms with Gasteiger partial charge in [0.05, 0.1) is 17.9 Å². The third-order valence-corrected chi connectivity index (χ3v) is 2.73. The minimum absolute atomic E-state index is 0.0423. The molecule has 0 saturated carbocycles. The predicted molar refractivity (Wildman–Crippen MR) is 61.3 cm³/mol. The number of hydrogen-bond acceptors (Lipinski definition) is 3. The van der Waals surface area contributed by atoms with Crippen molar-refractivity contribution >= 4 is 0 Å². The number of hydrogen-bond donors (Lipinski definition) is 1. The molecule has 2 atom stereocenters. The molecule has 86 valence electrons. The lowest BCUT2D eigenvalue weighted by atomic mass is 10.1. The van der Waals surface area contributed by atoms with Gasteiger partial charge < -0.3 is 5.73 Å². The van der Waals surface area contributed by atoms with Crippen LogP contribution in [0.5, 0.6) is 0 Å². The van der Waals surface area contributed by atoms with Gasteiger partial charge >= 0.3 is 0 Å². The Kier molecular flexibility index (Phi) is 4.75. The average Bonchev–Trinajstić information content (AvgIpc) is 2.66. The van der Waals surface area contributed by atoms with Crippen molar-refractivity contribution < 1.29 is 0 Å². The van der Waals surface area contributed by atoms with Crippen LogP contribution < -0.4 is 5.73 Å². The Balaban J connectivity index is 2.55. The van der Waals surface area contributed by atoms with Gasteiger partial charge in [-0.1, -0.05) is 38.8 Å². The molecule has 0 bridgehead atoms. The van der Waals surface area contributed by atoms with Gasteiger partial charge in [-0.2, -0.15) is 0 Å². The third-order valence-electron chi connectivity index (χ3n) is 2.73. The van der Waals surface area contributed by atoms with Crippen molar-refractivity contribution in [1.82, 2.24) is 15.0 Å². The monoisotopic (exact) mass is 210 g/mol. The first kappa shape index (κ1) is 12.2. The zero-order valence-corrected chi connectivity index (χ0v) is 9.98. The van der Waals surface area contributed by atoms with E-state index in [0.29, 0.717) is 5.92 Å². The maximum absolute atomic E-state index is 5.97. The summed E-state index contributed by atoms with van der Waals surface area (Å²) in [5.74, 6) is 0.641. The summed E-state index contributed by atoms with van der Waals surface area (Å²) in [5.41, 5.74) is 6.88. The predicted octanol–water partition coefficient (Wildman–Crippen LogP) is 2.12. The highest BCUT2D eigenvalue weighted by Gasteiger charge is 2.10. The van der Waals surface area contributed by atoms with Crippen LogP contribution in [0.2, 0.25) is 0 Å². The topological polar surface area (TPSA) is 56.7 Å². The summed E-state index contributed by atoms with van der Waals surface area (Å²) in [6.45, 7) is 7.46.